The number of sulfone groups is 1. The minimum Gasteiger partial charge on any atom is -0.438 e. The minimum absolute atomic E-state index is 0.0861. The summed E-state index contributed by atoms with van der Waals surface area (Å²) in [4.78, 5) is 17.9. The molecule has 0 spiro atoms. The number of aliphatic hydroxyl groups is 1. The van der Waals surface area contributed by atoms with Crippen LogP contribution >= 0.6 is 0 Å². The van der Waals surface area contributed by atoms with Crippen molar-refractivity contribution >= 4 is 26.8 Å². The van der Waals surface area contributed by atoms with E-state index in [0.717, 1.165) is 32.1 Å². The topological polar surface area (TPSA) is 122 Å². The van der Waals surface area contributed by atoms with E-state index in [2.05, 4.69) is 15.6 Å². The number of oxazole rings is 1. The first-order valence-corrected chi connectivity index (χ1v) is 15.0. The first-order valence-electron chi connectivity index (χ1n) is 13.2. The van der Waals surface area contributed by atoms with Crippen LogP contribution < -0.4 is 10.6 Å². The molecular weight excluding hydrogens is 490 g/mol. The Hall–Kier alpha value is -2.75. The predicted molar refractivity (Wildman–Crippen MR) is 144 cm³/mol. The number of fused-ring (bicyclic) bond motifs is 1. The van der Waals surface area contributed by atoms with Crippen LogP contribution in [0.5, 0.6) is 0 Å². The van der Waals surface area contributed by atoms with E-state index < -0.39 is 33.9 Å². The first kappa shape index (κ1) is 27.3. The van der Waals surface area contributed by atoms with Gasteiger partial charge in [0, 0.05) is 6.04 Å². The third-order valence-corrected chi connectivity index (χ3v) is 8.49. The van der Waals surface area contributed by atoms with Gasteiger partial charge < -0.3 is 20.2 Å². The Morgan fingerprint density at radius 1 is 1.08 bits per heavy atom. The van der Waals surface area contributed by atoms with Crippen molar-refractivity contribution in [2.75, 3.05) is 5.75 Å². The highest BCUT2D eigenvalue weighted by molar-refractivity contribution is 7.90. The van der Waals surface area contributed by atoms with E-state index in [1.807, 2.05) is 25.1 Å². The lowest BCUT2D eigenvalue weighted by molar-refractivity contribution is -0.124. The normalized spacial score (nSPS) is 17.4. The second kappa shape index (κ2) is 12.7. The maximum Gasteiger partial charge on any atom is 0.238 e. The van der Waals surface area contributed by atoms with Gasteiger partial charge in [-0.1, -0.05) is 75.1 Å². The molecular formula is C28H37N3O5S. The first-order chi connectivity index (χ1) is 17.8. The monoisotopic (exact) mass is 527 g/mol. The Labute approximate surface area is 218 Å². The molecule has 1 aliphatic carbocycles. The van der Waals surface area contributed by atoms with Gasteiger partial charge in [0.05, 0.1) is 17.5 Å². The largest absolute Gasteiger partial charge is 0.438 e. The van der Waals surface area contributed by atoms with Gasteiger partial charge in [-0.05, 0) is 37.0 Å². The summed E-state index contributed by atoms with van der Waals surface area (Å²) in [6.45, 7) is 1.96. The average molecular weight is 528 g/mol. The molecule has 1 saturated carbocycles. The molecule has 0 saturated heterocycles. The van der Waals surface area contributed by atoms with Crippen molar-refractivity contribution in [3.63, 3.8) is 0 Å². The van der Waals surface area contributed by atoms with Gasteiger partial charge in [-0.2, -0.15) is 0 Å². The predicted octanol–water partition coefficient (Wildman–Crippen LogP) is 4.05. The van der Waals surface area contributed by atoms with E-state index in [1.165, 1.54) is 0 Å². The lowest BCUT2D eigenvalue weighted by atomic mass is 9.95. The summed E-state index contributed by atoms with van der Waals surface area (Å²) in [5.41, 5.74) is 1.87. The molecule has 0 radical (unpaired) electrons. The summed E-state index contributed by atoms with van der Waals surface area (Å²) in [6, 6.07) is 14.7. The van der Waals surface area contributed by atoms with Crippen LogP contribution in [0.15, 0.2) is 59.0 Å². The Balaban J connectivity index is 1.51. The third kappa shape index (κ3) is 7.63. The van der Waals surface area contributed by atoms with Crippen molar-refractivity contribution in [1.82, 2.24) is 15.6 Å². The highest BCUT2D eigenvalue weighted by atomic mass is 32.2. The van der Waals surface area contributed by atoms with Gasteiger partial charge in [0.1, 0.15) is 11.6 Å². The molecule has 4 rings (SSSR count). The van der Waals surface area contributed by atoms with Crippen molar-refractivity contribution in [2.24, 2.45) is 0 Å². The summed E-state index contributed by atoms with van der Waals surface area (Å²) in [5.74, 6) is -0.750. The van der Waals surface area contributed by atoms with E-state index in [-0.39, 0.29) is 23.4 Å². The average Bonchev–Trinajstić information content (AvgIpc) is 3.33. The Morgan fingerprint density at radius 2 is 1.78 bits per heavy atom. The van der Waals surface area contributed by atoms with Gasteiger partial charge in [0.2, 0.25) is 11.8 Å². The van der Waals surface area contributed by atoms with E-state index in [1.54, 1.807) is 36.4 Å². The molecule has 8 nitrogen and oxygen atoms in total. The Morgan fingerprint density at radius 3 is 2.49 bits per heavy atom. The zero-order chi connectivity index (χ0) is 26.3. The maximum absolute atomic E-state index is 13.5. The van der Waals surface area contributed by atoms with E-state index >= 15 is 0 Å². The van der Waals surface area contributed by atoms with Crippen molar-refractivity contribution in [1.29, 1.82) is 0 Å². The van der Waals surface area contributed by atoms with Gasteiger partial charge in [0.15, 0.2) is 21.5 Å². The molecule has 200 valence electrons. The van der Waals surface area contributed by atoms with Crippen molar-refractivity contribution in [3.8, 4) is 0 Å². The van der Waals surface area contributed by atoms with Crippen LogP contribution in [0.2, 0.25) is 0 Å². The fourth-order valence-electron chi connectivity index (χ4n) is 4.99. The molecule has 2 aromatic carbocycles. The molecule has 1 aromatic heterocycles. The number of nitrogens with zero attached hydrogens (tertiary/aromatic N) is 1. The number of benzene rings is 2. The number of hydrogen-bond acceptors (Lipinski definition) is 7. The van der Waals surface area contributed by atoms with Crippen LogP contribution in [0.1, 0.15) is 69.4 Å². The number of nitrogens with one attached hydrogen (secondary N) is 2. The molecule has 37 heavy (non-hydrogen) atoms. The smallest absolute Gasteiger partial charge is 0.238 e. The fraction of sp³-hybridized carbons (Fsp3) is 0.500. The summed E-state index contributed by atoms with van der Waals surface area (Å²) in [5, 5.41) is 17.3. The summed E-state index contributed by atoms with van der Waals surface area (Å²) in [7, 11) is -3.58. The van der Waals surface area contributed by atoms with Crippen molar-refractivity contribution < 1.29 is 22.7 Å². The number of amides is 1. The van der Waals surface area contributed by atoms with Gasteiger partial charge in [-0.15, -0.1) is 0 Å². The second-order valence-electron chi connectivity index (χ2n) is 9.96. The lowest BCUT2D eigenvalue weighted by Gasteiger charge is -2.30. The summed E-state index contributed by atoms with van der Waals surface area (Å²) >= 11 is 0. The highest BCUT2D eigenvalue weighted by Crippen LogP contribution is 2.24. The third-order valence-electron chi connectivity index (χ3n) is 6.88. The summed E-state index contributed by atoms with van der Waals surface area (Å²) < 4.78 is 32.0. The van der Waals surface area contributed by atoms with E-state index in [9.17, 15) is 18.3 Å². The molecule has 3 N–H and O–H groups in total. The van der Waals surface area contributed by atoms with Crippen molar-refractivity contribution in [3.05, 3.63) is 66.1 Å². The van der Waals surface area contributed by atoms with Gasteiger partial charge in [-0.3, -0.25) is 4.79 Å². The standard InChI is InChI=1S/C28H37N3O5S/c1-2-11-23(26(32)28-31-22-16-9-10-17-25(22)36-28)30-27(33)24(29-21-14-7-4-8-15-21)19-37(34,35)18-20-12-5-3-6-13-20/h3,5-6,9-10,12-13,16-17,21,23-24,26,29,32H,2,4,7-8,11,14-15,18-19H2,1H3,(H,30,33)/t23-,24-,26?/m0/s1. The van der Waals surface area contributed by atoms with Gasteiger partial charge >= 0.3 is 0 Å². The molecule has 0 bridgehead atoms. The maximum atomic E-state index is 13.5. The van der Waals surface area contributed by atoms with Gasteiger partial charge in [-0.25, -0.2) is 13.4 Å². The van der Waals surface area contributed by atoms with E-state index in [4.69, 9.17) is 4.42 Å². The quantitative estimate of drug-likeness (QED) is 0.325. The number of rotatable bonds is 12. The number of carbonyl (C=O) groups is 1. The highest BCUT2D eigenvalue weighted by Gasteiger charge is 2.33. The molecule has 9 heteroatoms. The summed E-state index contributed by atoms with van der Waals surface area (Å²) in [6.07, 6.45) is 5.10. The van der Waals surface area contributed by atoms with Gasteiger partial charge in [0.25, 0.3) is 0 Å². The molecule has 3 aromatic rings. The van der Waals surface area contributed by atoms with Crippen LogP contribution in [0, 0.1) is 0 Å². The molecule has 1 fully saturated rings. The van der Waals surface area contributed by atoms with Crippen LogP contribution in [0.25, 0.3) is 11.1 Å². The molecule has 1 heterocycles. The van der Waals surface area contributed by atoms with Crippen LogP contribution in [0.3, 0.4) is 0 Å². The molecule has 1 aliphatic rings. The molecule has 1 amide bonds. The number of aliphatic hydroxyl groups excluding tert-OH is 1. The number of hydrogen-bond donors (Lipinski definition) is 3. The molecule has 1 unspecified atom stereocenters. The minimum atomic E-state index is -3.58. The lowest BCUT2D eigenvalue weighted by Crippen LogP contribution is -2.55. The van der Waals surface area contributed by atoms with Crippen molar-refractivity contribution in [2.45, 2.75) is 81.9 Å². The number of aromatic nitrogens is 1. The Kier molecular flexibility index (Phi) is 9.34. The van der Waals surface area contributed by atoms with Crippen LogP contribution in [0.4, 0.5) is 0 Å². The fourth-order valence-corrected chi connectivity index (χ4v) is 6.56. The second-order valence-corrected chi connectivity index (χ2v) is 12.1. The molecule has 0 aliphatic heterocycles. The number of carbonyl (C=O) groups excluding carboxylic acids is 1. The molecule has 3 atom stereocenters. The SMILES string of the molecule is CCC[C@H](NC(=O)[C@H](CS(=O)(=O)Cc1ccccc1)NC1CCCCC1)C(O)c1nc2ccccc2o1. The zero-order valence-electron chi connectivity index (χ0n) is 21.3. The van der Waals surface area contributed by atoms with Crippen LogP contribution in [-0.4, -0.2) is 48.3 Å². The Bertz CT molecular complexity index is 1220. The van der Waals surface area contributed by atoms with E-state index in [0.29, 0.717) is 29.5 Å². The van der Waals surface area contributed by atoms with Crippen LogP contribution in [-0.2, 0) is 20.4 Å². The number of para-hydroxylation sites is 2. The zero-order valence-corrected chi connectivity index (χ0v) is 22.1.